The molecule has 10 nitrogen and oxygen atoms in total. The number of nitrogens with zero attached hydrogens (tertiary/aromatic N) is 4. The fourth-order valence-electron chi connectivity index (χ4n) is 2.55. The van der Waals surface area contributed by atoms with Gasteiger partial charge in [0.2, 0.25) is 9.03 Å². The Kier molecular flexibility index (Phi) is 17.7. The lowest BCUT2D eigenvalue weighted by Gasteiger charge is -2.17. The van der Waals surface area contributed by atoms with E-state index in [1.54, 1.807) is 92.1 Å². The standard InChI is InChI=1S/C17H15N2O4P.C10H13N2O2P.C2H6/c20-17-8-2-1-5-14(17)13-21-24(22-15-6-3-9-18-11-15)23-16-7-4-10-19-12-16;1-2-5-11-7-8-13-15-14-10-4-3-6-12-9-10;1-2/h1-12,20H,13H2;2-7,9,15H,8H2,1H3;1-2H3/b;5-2-,11-7?;. The van der Waals surface area contributed by atoms with E-state index in [2.05, 4.69) is 19.9 Å². The van der Waals surface area contributed by atoms with Gasteiger partial charge in [0, 0.05) is 36.6 Å². The van der Waals surface area contributed by atoms with Crippen molar-refractivity contribution in [3.05, 3.63) is 116 Å². The van der Waals surface area contributed by atoms with Gasteiger partial charge in [0.1, 0.15) is 23.0 Å². The molecule has 0 radical (unpaired) electrons. The molecular formula is C29H34N4O6P2. The van der Waals surface area contributed by atoms with Gasteiger partial charge in [-0.2, -0.15) is 0 Å². The molecule has 0 aliphatic carbocycles. The van der Waals surface area contributed by atoms with E-state index in [0.29, 0.717) is 29.4 Å². The van der Waals surface area contributed by atoms with Crippen LogP contribution in [0.2, 0.25) is 0 Å². The van der Waals surface area contributed by atoms with E-state index in [1.807, 2.05) is 45.0 Å². The van der Waals surface area contributed by atoms with Crippen LogP contribution in [-0.2, 0) is 15.7 Å². The van der Waals surface area contributed by atoms with Gasteiger partial charge in [-0.1, -0.05) is 38.1 Å². The Morgan fingerprint density at radius 3 is 1.95 bits per heavy atom. The summed E-state index contributed by atoms with van der Waals surface area (Å²) in [7, 11) is -1.77. The Bertz CT molecular complexity index is 1210. The number of rotatable bonds is 13. The van der Waals surface area contributed by atoms with Crippen LogP contribution in [0, 0.1) is 0 Å². The molecule has 0 fully saturated rings. The summed E-state index contributed by atoms with van der Waals surface area (Å²) in [6, 6.07) is 17.6. The van der Waals surface area contributed by atoms with Gasteiger partial charge in [0.15, 0.2) is 0 Å². The lowest BCUT2D eigenvalue weighted by molar-refractivity contribution is 0.252. The first-order valence-corrected chi connectivity index (χ1v) is 14.6. The Labute approximate surface area is 244 Å². The van der Waals surface area contributed by atoms with Crippen LogP contribution in [0.1, 0.15) is 26.3 Å². The van der Waals surface area contributed by atoms with Crippen LogP contribution < -0.4 is 13.6 Å². The molecule has 0 aliphatic rings. The molecule has 1 N–H and O–H groups in total. The van der Waals surface area contributed by atoms with Crippen molar-refractivity contribution in [3.8, 4) is 23.0 Å². The third-order valence-electron chi connectivity index (χ3n) is 4.30. The molecule has 0 saturated carbocycles. The molecule has 3 heterocycles. The van der Waals surface area contributed by atoms with Crippen molar-refractivity contribution in [2.24, 2.45) is 4.99 Å². The number of benzene rings is 1. The summed E-state index contributed by atoms with van der Waals surface area (Å²) in [5, 5.41) is 9.83. The fraction of sp³-hybridized carbons (Fsp3) is 0.172. The average Bonchev–Trinajstić information content (AvgIpc) is 3.03. The monoisotopic (exact) mass is 596 g/mol. The lowest BCUT2D eigenvalue weighted by Crippen LogP contribution is -2.01. The van der Waals surface area contributed by atoms with Crippen LogP contribution in [0.3, 0.4) is 0 Å². The van der Waals surface area contributed by atoms with Gasteiger partial charge in [-0.15, -0.1) is 0 Å². The highest BCUT2D eigenvalue weighted by Crippen LogP contribution is 2.42. The van der Waals surface area contributed by atoms with Crippen LogP contribution in [-0.4, -0.2) is 32.9 Å². The Balaban J connectivity index is 0.000000298. The topological polar surface area (TPSA) is 117 Å². The van der Waals surface area contributed by atoms with Crippen molar-refractivity contribution in [1.29, 1.82) is 0 Å². The maximum absolute atomic E-state index is 9.83. The summed E-state index contributed by atoms with van der Waals surface area (Å²) in [5.41, 5.74) is 0.648. The highest BCUT2D eigenvalue weighted by Gasteiger charge is 2.18. The normalized spacial score (nSPS) is 10.7. The second kappa shape index (κ2) is 21.8. The second-order valence-electron chi connectivity index (χ2n) is 7.18. The van der Waals surface area contributed by atoms with E-state index in [-0.39, 0.29) is 21.4 Å². The van der Waals surface area contributed by atoms with Crippen molar-refractivity contribution < 1.29 is 27.7 Å². The number of phenols is 1. The van der Waals surface area contributed by atoms with Crippen molar-refractivity contribution in [3.63, 3.8) is 0 Å². The molecule has 0 saturated heterocycles. The van der Waals surface area contributed by atoms with Crippen molar-refractivity contribution in [2.45, 2.75) is 27.4 Å². The Morgan fingerprint density at radius 1 is 0.829 bits per heavy atom. The molecule has 1 atom stereocenters. The predicted octanol–water partition coefficient (Wildman–Crippen LogP) is 7.70. The number of hydrogen-bond donors (Lipinski definition) is 1. The molecule has 1 aromatic carbocycles. The van der Waals surface area contributed by atoms with Gasteiger partial charge in [-0.3, -0.25) is 24.5 Å². The molecule has 0 aliphatic heterocycles. The summed E-state index contributed by atoms with van der Waals surface area (Å²) in [6.45, 7) is 6.51. The molecular weight excluding hydrogens is 562 g/mol. The van der Waals surface area contributed by atoms with Crippen molar-refractivity contribution >= 4 is 23.9 Å². The van der Waals surface area contributed by atoms with E-state index in [4.69, 9.17) is 22.6 Å². The maximum Gasteiger partial charge on any atom is 0.463 e. The van der Waals surface area contributed by atoms with Crippen LogP contribution in [0.4, 0.5) is 0 Å². The first-order valence-electron chi connectivity index (χ1n) is 12.7. The summed E-state index contributed by atoms with van der Waals surface area (Å²) in [6.07, 6.45) is 15.0. The molecule has 4 aromatic rings. The quantitative estimate of drug-likeness (QED) is 0.0941. The second-order valence-corrected chi connectivity index (χ2v) is 8.91. The smallest absolute Gasteiger partial charge is 0.463 e. The minimum Gasteiger partial charge on any atom is -0.508 e. The van der Waals surface area contributed by atoms with Crippen LogP contribution in [0.5, 0.6) is 23.0 Å². The van der Waals surface area contributed by atoms with Crippen LogP contribution >= 0.6 is 17.6 Å². The predicted molar refractivity (Wildman–Crippen MR) is 163 cm³/mol. The zero-order valence-corrected chi connectivity index (χ0v) is 25.0. The molecule has 216 valence electrons. The average molecular weight is 597 g/mol. The van der Waals surface area contributed by atoms with E-state index in [9.17, 15) is 5.11 Å². The number of allylic oxidation sites excluding steroid dienone is 1. The fourth-order valence-corrected chi connectivity index (χ4v) is 3.91. The van der Waals surface area contributed by atoms with Crippen molar-refractivity contribution in [2.75, 3.05) is 6.61 Å². The summed E-state index contributed by atoms with van der Waals surface area (Å²) < 4.78 is 27.6. The van der Waals surface area contributed by atoms with E-state index in [0.717, 1.165) is 0 Å². The molecule has 0 bridgehead atoms. The van der Waals surface area contributed by atoms with Crippen molar-refractivity contribution in [1.82, 2.24) is 15.0 Å². The number of pyridine rings is 3. The van der Waals surface area contributed by atoms with Gasteiger partial charge < -0.3 is 23.2 Å². The zero-order chi connectivity index (χ0) is 29.4. The summed E-state index contributed by atoms with van der Waals surface area (Å²) in [4.78, 5) is 15.9. The highest BCUT2D eigenvalue weighted by atomic mass is 31.2. The third-order valence-corrected chi connectivity index (χ3v) is 5.96. The lowest BCUT2D eigenvalue weighted by atomic mass is 10.2. The van der Waals surface area contributed by atoms with Gasteiger partial charge in [0.05, 0.1) is 31.8 Å². The number of aromatic nitrogens is 3. The van der Waals surface area contributed by atoms with Gasteiger partial charge in [0.25, 0.3) is 0 Å². The number of aliphatic imine (C=N–C) groups is 1. The number of hydrogen-bond acceptors (Lipinski definition) is 10. The zero-order valence-electron chi connectivity index (χ0n) is 23.1. The van der Waals surface area contributed by atoms with E-state index in [1.165, 1.54) is 0 Å². The number of phenolic OH excluding ortho intramolecular Hbond substituents is 1. The number of para-hydroxylation sites is 1. The van der Waals surface area contributed by atoms with Gasteiger partial charge in [-0.25, -0.2) is 0 Å². The van der Waals surface area contributed by atoms with E-state index >= 15 is 0 Å². The number of aromatic hydroxyl groups is 1. The summed E-state index contributed by atoms with van der Waals surface area (Å²) in [5.74, 6) is 1.94. The molecule has 4 rings (SSSR count). The maximum atomic E-state index is 9.83. The minimum absolute atomic E-state index is 0.0338. The molecule has 0 amide bonds. The first kappa shape index (κ1) is 33.3. The summed E-state index contributed by atoms with van der Waals surface area (Å²) >= 11 is 0. The molecule has 3 aromatic heterocycles. The SMILES string of the molecule is C/C=C\N=CCOPOc1cccnc1.CC.Oc1ccccc1COP(Oc1cccnc1)Oc1cccnc1. The molecule has 12 heteroatoms. The Hall–Kier alpha value is -3.94. The molecule has 0 spiro atoms. The largest absolute Gasteiger partial charge is 0.508 e. The molecule has 41 heavy (non-hydrogen) atoms. The molecule has 1 unspecified atom stereocenters. The Morgan fingerprint density at radius 2 is 1.41 bits per heavy atom. The third kappa shape index (κ3) is 14.9. The van der Waals surface area contributed by atoms with E-state index < -0.39 is 8.60 Å². The van der Waals surface area contributed by atoms with Gasteiger partial charge >= 0.3 is 8.60 Å². The van der Waals surface area contributed by atoms with Gasteiger partial charge in [-0.05, 0) is 49.4 Å². The van der Waals surface area contributed by atoms with Crippen LogP contribution in [0.25, 0.3) is 0 Å². The highest BCUT2D eigenvalue weighted by molar-refractivity contribution is 7.42. The minimum atomic E-state index is -1.74. The van der Waals surface area contributed by atoms with Crippen LogP contribution in [0.15, 0.2) is 115 Å². The first-order chi connectivity index (χ1) is 20.2.